The summed E-state index contributed by atoms with van der Waals surface area (Å²) < 4.78 is 7.77. The first-order valence-corrected chi connectivity index (χ1v) is 5.37. The van der Waals surface area contributed by atoms with Crippen molar-refractivity contribution >= 4 is 17.6 Å². The highest BCUT2D eigenvalue weighted by Crippen LogP contribution is 2.10. The number of rotatable bonds is 3. The molecule has 14 heavy (non-hydrogen) atoms. The SMILES string of the molecule is CC(C)N(C(=O)c1cnsn1)C(C)C. The molecule has 4 nitrogen and oxygen atoms in total. The summed E-state index contributed by atoms with van der Waals surface area (Å²) in [5.41, 5.74) is 0.442. The van der Waals surface area contributed by atoms with E-state index in [4.69, 9.17) is 0 Å². The van der Waals surface area contributed by atoms with Crippen molar-refractivity contribution in [2.24, 2.45) is 0 Å². The predicted molar refractivity (Wildman–Crippen MR) is 56.4 cm³/mol. The van der Waals surface area contributed by atoms with Crippen molar-refractivity contribution in [1.29, 1.82) is 0 Å². The van der Waals surface area contributed by atoms with Crippen LogP contribution < -0.4 is 0 Å². The molecule has 1 heterocycles. The summed E-state index contributed by atoms with van der Waals surface area (Å²) in [7, 11) is 0. The van der Waals surface area contributed by atoms with E-state index < -0.39 is 0 Å². The van der Waals surface area contributed by atoms with Crippen molar-refractivity contribution in [3.63, 3.8) is 0 Å². The van der Waals surface area contributed by atoms with Gasteiger partial charge in [-0.3, -0.25) is 4.79 Å². The molecule has 0 unspecified atom stereocenters. The predicted octanol–water partition coefficient (Wildman–Crippen LogP) is 1.80. The van der Waals surface area contributed by atoms with Crippen LogP contribution >= 0.6 is 11.7 Å². The van der Waals surface area contributed by atoms with Gasteiger partial charge < -0.3 is 4.90 Å². The van der Waals surface area contributed by atoms with Gasteiger partial charge in [0.2, 0.25) is 0 Å². The fourth-order valence-corrected chi connectivity index (χ4v) is 1.86. The van der Waals surface area contributed by atoms with Gasteiger partial charge in [-0.25, -0.2) is 0 Å². The van der Waals surface area contributed by atoms with Gasteiger partial charge in [0.1, 0.15) is 0 Å². The van der Waals surface area contributed by atoms with Gasteiger partial charge in [0.15, 0.2) is 5.69 Å². The summed E-state index contributed by atoms with van der Waals surface area (Å²) in [6.45, 7) is 7.99. The Morgan fingerprint density at radius 3 is 2.29 bits per heavy atom. The average Bonchev–Trinajstić information content (AvgIpc) is 2.53. The van der Waals surface area contributed by atoms with Crippen molar-refractivity contribution in [2.75, 3.05) is 0 Å². The van der Waals surface area contributed by atoms with Crippen LogP contribution in [0.1, 0.15) is 38.2 Å². The van der Waals surface area contributed by atoms with E-state index in [0.717, 1.165) is 11.7 Å². The van der Waals surface area contributed by atoms with E-state index in [1.807, 2.05) is 27.7 Å². The first-order chi connectivity index (χ1) is 6.54. The van der Waals surface area contributed by atoms with Crippen LogP contribution in [-0.2, 0) is 0 Å². The van der Waals surface area contributed by atoms with E-state index >= 15 is 0 Å². The number of amides is 1. The Morgan fingerprint density at radius 1 is 1.36 bits per heavy atom. The molecule has 0 atom stereocenters. The highest BCUT2D eigenvalue weighted by atomic mass is 32.1. The molecule has 1 rings (SSSR count). The smallest absolute Gasteiger partial charge is 0.275 e. The largest absolute Gasteiger partial charge is 0.332 e. The minimum atomic E-state index is -0.0382. The minimum Gasteiger partial charge on any atom is -0.332 e. The van der Waals surface area contributed by atoms with E-state index in [0.29, 0.717) is 5.69 Å². The number of carbonyl (C=O) groups is 1. The van der Waals surface area contributed by atoms with Crippen molar-refractivity contribution in [3.8, 4) is 0 Å². The Balaban J connectivity index is 2.85. The molecule has 0 N–H and O–H groups in total. The molecule has 0 spiro atoms. The van der Waals surface area contributed by atoms with Crippen LogP contribution in [0.15, 0.2) is 6.20 Å². The van der Waals surface area contributed by atoms with Crippen molar-refractivity contribution in [3.05, 3.63) is 11.9 Å². The lowest BCUT2D eigenvalue weighted by Gasteiger charge is -2.29. The van der Waals surface area contributed by atoms with Crippen LogP contribution in [-0.4, -0.2) is 31.6 Å². The van der Waals surface area contributed by atoms with E-state index in [2.05, 4.69) is 8.75 Å². The fourth-order valence-electron chi connectivity index (χ4n) is 1.46. The molecule has 0 aliphatic heterocycles. The quantitative estimate of drug-likeness (QED) is 0.769. The van der Waals surface area contributed by atoms with E-state index in [9.17, 15) is 4.79 Å². The minimum absolute atomic E-state index is 0.0382. The number of carbonyl (C=O) groups excluding carboxylic acids is 1. The molecule has 0 saturated heterocycles. The summed E-state index contributed by atoms with van der Waals surface area (Å²) in [6.07, 6.45) is 1.52. The van der Waals surface area contributed by atoms with Gasteiger partial charge in [-0.05, 0) is 27.7 Å². The third-order valence-electron chi connectivity index (χ3n) is 1.93. The molecule has 1 amide bonds. The second-order valence-electron chi connectivity index (χ2n) is 3.69. The van der Waals surface area contributed by atoms with Crippen LogP contribution in [0.4, 0.5) is 0 Å². The van der Waals surface area contributed by atoms with E-state index in [1.165, 1.54) is 6.20 Å². The zero-order valence-electron chi connectivity index (χ0n) is 8.89. The molecule has 78 valence electrons. The molecule has 0 aliphatic rings. The van der Waals surface area contributed by atoms with Gasteiger partial charge in [0.05, 0.1) is 17.9 Å². The second kappa shape index (κ2) is 4.50. The van der Waals surface area contributed by atoms with Crippen LogP contribution in [0.25, 0.3) is 0 Å². The molecule has 0 radical (unpaired) electrons. The van der Waals surface area contributed by atoms with Gasteiger partial charge in [-0.15, -0.1) is 0 Å². The molecule has 0 aliphatic carbocycles. The van der Waals surface area contributed by atoms with Gasteiger partial charge in [0.25, 0.3) is 5.91 Å². The summed E-state index contributed by atoms with van der Waals surface area (Å²) >= 11 is 1.06. The molecule has 1 aromatic heterocycles. The lowest BCUT2D eigenvalue weighted by atomic mass is 10.2. The fraction of sp³-hybridized carbons (Fsp3) is 0.667. The Hall–Kier alpha value is -0.970. The molecule has 0 saturated carbocycles. The zero-order chi connectivity index (χ0) is 10.7. The van der Waals surface area contributed by atoms with Gasteiger partial charge in [-0.1, -0.05) is 0 Å². The summed E-state index contributed by atoms with van der Waals surface area (Å²) in [5, 5.41) is 0. The molecule has 0 fully saturated rings. The van der Waals surface area contributed by atoms with Crippen LogP contribution in [0.5, 0.6) is 0 Å². The summed E-state index contributed by atoms with van der Waals surface area (Å²) in [5.74, 6) is -0.0382. The summed E-state index contributed by atoms with van der Waals surface area (Å²) in [4.78, 5) is 13.7. The van der Waals surface area contributed by atoms with Gasteiger partial charge in [-0.2, -0.15) is 8.75 Å². The van der Waals surface area contributed by atoms with Crippen molar-refractivity contribution in [1.82, 2.24) is 13.6 Å². The standard InChI is InChI=1S/C9H15N3OS/c1-6(2)12(7(3)4)9(13)8-5-10-14-11-8/h5-7H,1-4H3. The monoisotopic (exact) mass is 213 g/mol. The lowest BCUT2D eigenvalue weighted by molar-refractivity contribution is 0.0638. The van der Waals surface area contributed by atoms with Crippen molar-refractivity contribution < 1.29 is 4.79 Å². The first kappa shape index (κ1) is 11.1. The van der Waals surface area contributed by atoms with E-state index in [1.54, 1.807) is 4.90 Å². The summed E-state index contributed by atoms with van der Waals surface area (Å²) in [6, 6.07) is 0.369. The Bertz CT molecular complexity index is 287. The first-order valence-electron chi connectivity index (χ1n) is 4.64. The Kier molecular flexibility index (Phi) is 3.57. The third kappa shape index (κ3) is 2.29. The lowest BCUT2D eigenvalue weighted by Crippen LogP contribution is -2.42. The molecule has 5 heteroatoms. The normalized spacial score (nSPS) is 11.0. The van der Waals surface area contributed by atoms with Crippen molar-refractivity contribution in [2.45, 2.75) is 39.8 Å². The zero-order valence-corrected chi connectivity index (χ0v) is 9.71. The maximum atomic E-state index is 11.9. The van der Waals surface area contributed by atoms with Crippen LogP contribution in [0.3, 0.4) is 0 Å². The second-order valence-corrected chi connectivity index (χ2v) is 4.25. The topological polar surface area (TPSA) is 46.1 Å². The molecule has 1 aromatic rings. The molecular formula is C9H15N3OS. The van der Waals surface area contributed by atoms with Gasteiger partial charge in [0, 0.05) is 12.1 Å². The van der Waals surface area contributed by atoms with Gasteiger partial charge >= 0.3 is 0 Å². The van der Waals surface area contributed by atoms with Crippen LogP contribution in [0.2, 0.25) is 0 Å². The average molecular weight is 213 g/mol. The highest BCUT2D eigenvalue weighted by molar-refractivity contribution is 6.99. The number of hydrogen-bond acceptors (Lipinski definition) is 4. The van der Waals surface area contributed by atoms with Crippen LogP contribution in [0, 0.1) is 0 Å². The number of nitrogens with zero attached hydrogens (tertiary/aromatic N) is 3. The molecule has 0 bridgehead atoms. The maximum absolute atomic E-state index is 11.9. The molecular weight excluding hydrogens is 198 g/mol. The molecule has 0 aromatic carbocycles. The number of hydrogen-bond donors (Lipinski definition) is 0. The van der Waals surface area contributed by atoms with E-state index in [-0.39, 0.29) is 18.0 Å². The Labute approximate surface area is 88.3 Å². The third-order valence-corrected chi connectivity index (χ3v) is 2.41. The Morgan fingerprint density at radius 2 is 1.93 bits per heavy atom. The number of aromatic nitrogens is 2. The maximum Gasteiger partial charge on any atom is 0.275 e. The highest BCUT2D eigenvalue weighted by Gasteiger charge is 2.22.